The number of hydrogen-bond donors (Lipinski definition) is 0. The van der Waals surface area contributed by atoms with Crippen molar-refractivity contribution in [2.24, 2.45) is 0 Å². The monoisotopic (exact) mass is 265 g/mol. The van der Waals surface area contributed by atoms with Crippen LogP contribution in [0, 0.1) is 0 Å². The minimum Gasteiger partial charge on any atom is -0.422 e. The topological polar surface area (TPSA) is 43.1 Å². The highest BCUT2D eigenvalue weighted by Crippen LogP contribution is 2.22. The molecule has 0 fully saturated rings. The summed E-state index contributed by atoms with van der Waals surface area (Å²) in [7, 11) is 0. The molecule has 17 heavy (non-hydrogen) atoms. The van der Waals surface area contributed by atoms with Crippen molar-refractivity contribution < 1.29 is 4.42 Å². The van der Waals surface area contributed by atoms with Crippen LogP contribution < -0.4 is 5.63 Å². The molecular formula is C12H8ClNO2S. The Morgan fingerprint density at radius 1 is 1.24 bits per heavy atom. The van der Waals surface area contributed by atoms with Gasteiger partial charge in [-0.1, -0.05) is 18.2 Å². The quantitative estimate of drug-likeness (QED) is 0.634. The highest BCUT2D eigenvalue weighted by molar-refractivity contribution is 7.13. The molecule has 0 amide bonds. The standard InChI is InChI=1S/C12H7NO2S.ClH/c14-12-9(11-13-5-6-16-11)7-8-3-1-2-4-10(8)15-12;/h1-7H;1H. The Balaban J connectivity index is 0.00000108. The van der Waals surface area contributed by atoms with Gasteiger partial charge in [-0.3, -0.25) is 0 Å². The summed E-state index contributed by atoms with van der Waals surface area (Å²) in [5.41, 5.74) is 0.787. The minimum atomic E-state index is -0.339. The number of hydrogen-bond acceptors (Lipinski definition) is 4. The molecule has 0 unspecified atom stereocenters. The van der Waals surface area contributed by atoms with Crippen molar-refractivity contribution >= 4 is 34.7 Å². The molecule has 1 aromatic carbocycles. The molecule has 0 saturated heterocycles. The second-order valence-electron chi connectivity index (χ2n) is 3.32. The van der Waals surface area contributed by atoms with E-state index in [0.29, 0.717) is 16.2 Å². The molecule has 0 radical (unpaired) electrons. The zero-order valence-corrected chi connectivity index (χ0v) is 10.3. The average Bonchev–Trinajstić information content (AvgIpc) is 2.81. The second-order valence-corrected chi connectivity index (χ2v) is 4.22. The molecule has 0 aliphatic rings. The summed E-state index contributed by atoms with van der Waals surface area (Å²) in [5, 5.41) is 3.44. The Morgan fingerprint density at radius 2 is 2.06 bits per heavy atom. The third-order valence-electron chi connectivity index (χ3n) is 2.30. The first-order valence-electron chi connectivity index (χ1n) is 4.77. The number of benzene rings is 1. The maximum Gasteiger partial charge on any atom is 0.346 e. The van der Waals surface area contributed by atoms with Crippen molar-refractivity contribution in [3.05, 3.63) is 52.3 Å². The Bertz CT molecular complexity index is 691. The van der Waals surface area contributed by atoms with Gasteiger partial charge in [0.15, 0.2) is 0 Å². The van der Waals surface area contributed by atoms with Gasteiger partial charge >= 0.3 is 5.63 Å². The Labute approximate surface area is 107 Å². The Hall–Kier alpha value is -1.65. The zero-order chi connectivity index (χ0) is 11.0. The van der Waals surface area contributed by atoms with Crippen LogP contribution >= 0.6 is 23.7 Å². The molecule has 0 N–H and O–H groups in total. The van der Waals surface area contributed by atoms with Crippen LogP contribution in [0.4, 0.5) is 0 Å². The lowest BCUT2D eigenvalue weighted by Crippen LogP contribution is -2.01. The maximum atomic E-state index is 11.7. The number of rotatable bonds is 1. The molecule has 3 aromatic rings. The van der Waals surface area contributed by atoms with E-state index in [0.717, 1.165) is 5.39 Å². The van der Waals surface area contributed by atoms with E-state index in [9.17, 15) is 4.79 Å². The van der Waals surface area contributed by atoms with Gasteiger partial charge in [0.1, 0.15) is 10.6 Å². The summed E-state index contributed by atoms with van der Waals surface area (Å²) in [6, 6.07) is 9.26. The van der Waals surface area contributed by atoms with Gasteiger partial charge in [0, 0.05) is 17.0 Å². The van der Waals surface area contributed by atoms with E-state index in [4.69, 9.17) is 4.42 Å². The van der Waals surface area contributed by atoms with E-state index in [1.54, 1.807) is 12.3 Å². The third-order valence-corrected chi connectivity index (χ3v) is 3.11. The van der Waals surface area contributed by atoms with Gasteiger partial charge in [-0.15, -0.1) is 23.7 Å². The fourth-order valence-electron chi connectivity index (χ4n) is 1.57. The van der Waals surface area contributed by atoms with E-state index >= 15 is 0 Å². The van der Waals surface area contributed by atoms with Gasteiger partial charge in [-0.25, -0.2) is 9.78 Å². The summed E-state index contributed by atoms with van der Waals surface area (Å²) in [5.74, 6) is 0. The molecule has 0 bridgehead atoms. The van der Waals surface area contributed by atoms with Crippen molar-refractivity contribution in [3.63, 3.8) is 0 Å². The predicted octanol–water partition coefficient (Wildman–Crippen LogP) is 3.34. The summed E-state index contributed by atoms with van der Waals surface area (Å²) in [6.07, 6.45) is 1.68. The molecule has 2 aromatic heterocycles. The minimum absolute atomic E-state index is 0. The van der Waals surface area contributed by atoms with Crippen LogP contribution in [-0.2, 0) is 0 Å². The van der Waals surface area contributed by atoms with Crippen LogP contribution in [0.2, 0.25) is 0 Å². The van der Waals surface area contributed by atoms with Crippen LogP contribution in [0.5, 0.6) is 0 Å². The van der Waals surface area contributed by atoms with Crippen molar-refractivity contribution in [2.45, 2.75) is 0 Å². The molecule has 0 atom stereocenters. The van der Waals surface area contributed by atoms with E-state index in [2.05, 4.69) is 4.98 Å². The normalized spacial score (nSPS) is 10.1. The maximum absolute atomic E-state index is 11.7. The van der Waals surface area contributed by atoms with E-state index < -0.39 is 0 Å². The highest BCUT2D eigenvalue weighted by atomic mass is 35.5. The van der Waals surface area contributed by atoms with Gasteiger partial charge in [0.2, 0.25) is 0 Å². The first-order valence-corrected chi connectivity index (χ1v) is 5.65. The van der Waals surface area contributed by atoms with E-state index in [-0.39, 0.29) is 18.0 Å². The molecule has 0 aliphatic heterocycles. The summed E-state index contributed by atoms with van der Waals surface area (Å²) in [4.78, 5) is 15.8. The first kappa shape index (κ1) is 11.8. The third kappa shape index (κ3) is 2.09. The van der Waals surface area contributed by atoms with Crippen molar-refractivity contribution in [1.29, 1.82) is 0 Å². The van der Waals surface area contributed by atoms with Crippen molar-refractivity contribution in [2.75, 3.05) is 0 Å². The molecule has 2 heterocycles. The molecule has 0 aliphatic carbocycles. The largest absolute Gasteiger partial charge is 0.422 e. The van der Waals surface area contributed by atoms with E-state index in [1.165, 1.54) is 11.3 Å². The van der Waals surface area contributed by atoms with Crippen molar-refractivity contribution in [3.8, 4) is 10.6 Å². The number of halogens is 1. The second kappa shape index (κ2) is 4.69. The van der Waals surface area contributed by atoms with Crippen LogP contribution in [0.15, 0.2) is 51.1 Å². The lowest BCUT2D eigenvalue weighted by molar-refractivity contribution is 0.563. The molecule has 3 rings (SSSR count). The molecule has 0 saturated carbocycles. The number of fused-ring (bicyclic) bond motifs is 1. The SMILES string of the molecule is Cl.O=c1oc2ccccc2cc1-c1nccs1. The smallest absolute Gasteiger partial charge is 0.346 e. The van der Waals surface area contributed by atoms with Gasteiger partial charge in [-0.2, -0.15) is 0 Å². The summed E-state index contributed by atoms with van der Waals surface area (Å²) in [6.45, 7) is 0. The van der Waals surface area contributed by atoms with E-state index in [1.807, 2.05) is 29.6 Å². The Kier molecular flexibility index (Phi) is 3.26. The van der Waals surface area contributed by atoms with Crippen molar-refractivity contribution in [1.82, 2.24) is 4.98 Å². The summed E-state index contributed by atoms with van der Waals surface area (Å²) < 4.78 is 5.23. The van der Waals surface area contributed by atoms with Gasteiger partial charge in [0.25, 0.3) is 0 Å². The molecule has 5 heteroatoms. The number of aromatic nitrogens is 1. The average molecular weight is 266 g/mol. The molecule has 86 valence electrons. The molecular weight excluding hydrogens is 258 g/mol. The Morgan fingerprint density at radius 3 is 2.82 bits per heavy atom. The molecule has 3 nitrogen and oxygen atoms in total. The number of para-hydroxylation sites is 1. The fourth-order valence-corrected chi connectivity index (χ4v) is 2.21. The fraction of sp³-hybridized carbons (Fsp3) is 0. The zero-order valence-electron chi connectivity index (χ0n) is 8.62. The predicted molar refractivity (Wildman–Crippen MR) is 70.8 cm³/mol. The number of thiazole rings is 1. The lowest BCUT2D eigenvalue weighted by atomic mass is 10.2. The van der Waals surface area contributed by atoms with Crippen LogP contribution in [-0.4, -0.2) is 4.98 Å². The van der Waals surface area contributed by atoms with Gasteiger partial charge < -0.3 is 4.42 Å². The molecule has 0 spiro atoms. The first-order chi connectivity index (χ1) is 7.84. The van der Waals surface area contributed by atoms with Gasteiger partial charge in [-0.05, 0) is 12.1 Å². The van der Waals surface area contributed by atoms with Gasteiger partial charge in [0.05, 0.1) is 5.56 Å². The van der Waals surface area contributed by atoms with Crippen LogP contribution in [0.1, 0.15) is 0 Å². The summed E-state index contributed by atoms with van der Waals surface area (Å²) >= 11 is 1.43. The number of nitrogens with zero attached hydrogens (tertiary/aromatic N) is 1. The lowest BCUT2D eigenvalue weighted by Gasteiger charge is -1.98. The highest BCUT2D eigenvalue weighted by Gasteiger charge is 2.08. The van der Waals surface area contributed by atoms with Crippen LogP contribution in [0.25, 0.3) is 21.5 Å². The van der Waals surface area contributed by atoms with Crippen LogP contribution in [0.3, 0.4) is 0 Å².